The predicted molar refractivity (Wildman–Crippen MR) is 127 cm³/mol. The zero-order valence-electron chi connectivity index (χ0n) is 18.9. The highest BCUT2D eigenvalue weighted by Gasteiger charge is 2.31. The molecule has 5 rings (SSSR count). The molecule has 1 saturated heterocycles. The van der Waals surface area contributed by atoms with Crippen molar-refractivity contribution in [1.29, 1.82) is 0 Å². The van der Waals surface area contributed by atoms with Crippen LogP contribution in [0.5, 0.6) is 5.75 Å². The lowest BCUT2D eigenvalue weighted by molar-refractivity contribution is -0.123. The molecule has 2 N–H and O–H groups in total. The maximum Gasteiger partial charge on any atom is 0.265 e. The summed E-state index contributed by atoms with van der Waals surface area (Å²) in [7, 11) is 0. The SMILES string of the molecule is C[C@@H]1CCCN(c2ccc(NC(=O)[C@H](CC3CC3)Oc3ccccc3)c(-c3nn[nH]n3)c2)C1. The fourth-order valence-corrected chi connectivity index (χ4v) is 4.46. The Balaban J connectivity index is 1.39. The number of aromatic nitrogens is 4. The summed E-state index contributed by atoms with van der Waals surface area (Å²) in [6.45, 7) is 4.33. The minimum atomic E-state index is -0.555. The van der Waals surface area contributed by atoms with E-state index in [4.69, 9.17) is 4.74 Å². The van der Waals surface area contributed by atoms with Gasteiger partial charge in [0.05, 0.1) is 5.69 Å². The molecule has 172 valence electrons. The van der Waals surface area contributed by atoms with Gasteiger partial charge in [-0.2, -0.15) is 5.21 Å². The summed E-state index contributed by atoms with van der Waals surface area (Å²) in [4.78, 5) is 15.7. The summed E-state index contributed by atoms with van der Waals surface area (Å²) >= 11 is 0. The third-order valence-electron chi connectivity index (χ3n) is 6.43. The van der Waals surface area contributed by atoms with E-state index in [-0.39, 0.29) is 5.91 Å². The fraction of sp³-hybridized carbons (Fsp3) is 0.440. The van der Waals surface area contributed by atoms with Crippen LogP contribution >= 0.6 is 0 Å². The van der Waals surface area contributed by atoms with Gasteiger partial charge >= 0.3 is 0 Å². The number of hydrogen-bond donors (Lipinski definition) is 2. The first kappa shape index (κ1) is 21.4. The minimum absolute atomic E-state index is 0.158. The molecule has 2 atom stereocenters. The molecule has 2 aromatic carbocycles. The van der Waals surface area contributed by atoms with E-state index in [1.165, 1.54) is 12.8 Å². The third kappa shape index (κ3) is 5.32. The lowest BCUT2D eigenvalue weighted by Crippen LogP contribution is -2.34. The molecule has 2 heterocycles. The molecule has 1 aromatic heterocycles. The second-order valence-electron chi connectivity index (χ2n) is 9.25. The van der Waals surface area contributed by atoms with Gasteiger partial charge in [-0.15, -0.1) is 10.2 Å². The molecular formula is C25H30N6O2. The zero-order valence-corrected chi connectivity index (χ0v) is 18.9. The normalized spacial score (nSPS) is 19.2. The number of ether oxygens (including phenoxy) is 1. The molecule has 0 radical (unpaired) electrons. The van der Waals surface area contributed by atoms with Gasteiger partial charge in [0.25, 0.3) is 5.91 Å². The number of carbonyl (C=O) groups excluding carboxylic acids is 1. The molecule has 2 aliphatic rings. The number of H-pyrrole nitrogens is 1. The summed E-state index contributed by atoms with van der Waals surface area (Å²) in [5.74, 6) is 2.20. The van der Waals surface area contributed by atoms with Crippen molar-refractivity contribution in [3.63, 3.8) is 0 Å². The maximum atomic E-state index is 13.3. The van der Waals surface area contributed by atoms with Crippen LogP contribution in [0.15, 0.2) is 48.5 Å². The molecule has 3 aromatic rings. The standard InChI is InChI=1S/C25H30N6O2/c1-17-6-5-13-31(16-17)19-11-12-22(21(15-19)24-27-29-30-28-24)26-25(32)23(14-18-9-10-18)33-20-7-3-2-4-8-20/h2-4,7-8,11-12,15,17-18,23H,5-6,9-10,13-14,16H2,1H3,(H,26,32)(H,27,28,29,30)/t17-,23+/m1/s1. The summed E-state index contributed by atoms with van der Waals surface area (Å²) in [5, 5.41) is 17.7. The Hall–Kier alpha value is -3.42. The van der Waals surface area contributed by atoms with Crippen LogP contribution < -0.4 is 15.0 Å². The second-order valence-corrected chi connectivity index (χ2v) is 9.25. The number of para-hydroxylation sites is 1. The molecule has 1 aliphatic heterocycles. The smallest absolute Gasteiger partial charge is 0.265 e. The highest BCUT2D eigenvalue weighted by molar-refractivity contribution is 5.98. The number of nitrogens with one attached hydrogen (secondary N) is 2. The molecule has 0 spiro atoms. The lowest BCUT2D eigenvalue weighted by atomic mass is 9.99. The number of rotatable bonds is 8. The quantitative estimate of drug-likeness (QED) is 0.536. The number of piperidine rings is 1. The first-order valence-electron chi connectivity index (χ1n) is 11.8. The molecule has 1 saturated carbocycles. The predicted octanol–water partition coefficient (Wildman–Crippen LogP) is 4.29. The Bertz CT molecular complexity index is 1070. The number of amides is 1. The molecule has 8 nitrogen and oxygen atoms in total. The van der Waals surface area contributed by atoms with Crippen LogP contribution in [0.1, 0.15) is 39.0 Å². The number of aromatic amines is 1. The molecule has 33 heavy (non-hydrogen) atoms. The average Bonchev–Trinajstić information content (AvgIpc) is 3.48. The third-order valence-corrected chi connectivity index (χ3v) is 6.43. The minimum Gasteiger partial charge on any atom is -0.481 e. The number of nitrogens with zero attached hydrogens (tertiary/aromatic N) is 4. The van der Waals surface area contributed by atoms with Crippen LogP contribution in [0.2, 0.25) is 0 Å². The molecule has 8 heteroatoms. The summed E-state index contributed by atoms with van der Waals surface area (Å²) in [6, 6.07) is 15.6. The van der Waals surface area contributed by atoms with Gasteiger partial charge in [0.1, 0.15) is 5.75 Å². The molecular weight excluding hydrogens is 416 g/mol. The van der Waals surface area contributed by atoms with Crippen LogP contribution in [0.4, 0.5) is 11.4 Å². The van der Waals surface area contributed by atoms with E-state index in [2.05, 4.69) is 43.8 Å². The number of anilines is 2. The van der Waals surface area contributed by atoms with Gasteiger partial charge in [-0.25, -0.2) is 0 Å². The van der Waals surface area contributed by atoms with Crippen LogP contribution in [0, 0.1) is 11.8 Å². The fourth-order valence-electron chi connectivity index (χ4n) is 4.46. The Labute approximate surface area is 193 Å². The number of tetrazole rings is 1. The first-order chi connectivity index (χ1) is 16.2. The van der Waals surface area contributed by atoms with Gasteiger partial charge in [-0.1, -0.05) is 38.0 Å². The molecule has 1 aliphatic carbocycles. The molecule has 1 amide bonds. The molecule has 2 fully saturated rings. The second kappa shape index (κ2) is 9.60. The van der Waals surface area contributed by atoms with Crippen molar-refractivity contribution in [2.75, 3.05) is 23.3 Å². The summed E-state index contributed by atoms with van der Waals surface area (Å²) < 4.78 is 6.09. The van der Waals surface area contributed by atoms with Crippen LogP contribution in [-0.4, -0.2) is 45.7 Å². The Kier molecular flexibility index (Phi) is 6.24. The molecule has 0 unspecified atom stereocenters. The summed E-state index contributed by atoms with van der Waals surface area (Å²) in [5.41, 5.74) is 2.51. The van der Waals surface area contributed by atoms with Gasteiger partial charge in [0.2, 0.25) is 5.82 Å². The van der Waals surface area contributed by atoms with E-state index in [0.29, 0.717) is 35.5 Å². The van der Waals surface area contributed by atoms with E-state index in [1.54, 1.807) is 0 Å². The van der Waals surface area contributed by atoms with E-state index in [0.717, 1.165) is 37.2 Å². The number of carbonyl (C=O) groups is 1. The Morgan fingerprint density at radius 2 is 2.06 bits per heavy atom. The Morgan fingerprint density at radius 3 is 2.79 bits per heavy atom. The maximum absolute atomic E-state index is 13.3. The van der Waals surface area contributed by atoms with Crippen molar-refractivity contribution in [1.82, 2.24) is 20.6 Å². The first-order valence-corrected chi connectivity index (χ1v) is 11.8. The van der Waals surface area contributed by atoms with E-state index in [1.807, 2.05) is 42.5 Å². The average molecular weight is 447 g/mol. The van der Waals surface area contributed by atoms with Crippen molar-refractivity contribution < 1.29 is 9.53 Å². The van der Waals surface area contributed by atoms with Crippen molar-refractivity contribution in [3.8, 4) is 17.1 Å². The summed E-state index contributed by atoms with van der Waals surface area (Å²) in [6.07, 6.45) is 4.89. The van der Waals surface area contributed by atoms with Crippen molar-refractivity contribution in [2.24, 2.45) is 11.8 Å². The van der Waals surface area contributed by atoms with Crippen molar-refractivity contribution in [3.05, 3.63) is 48.5 Å². The van der Waals surface area contributed by atoms with Crippen LogP contribution in [0.3, 0.4) is 0 Å². The van der Waals surface area contributed by atoms with E-state index < -0.39 is 6.10 Å². The zero-order chi connectivity index (χ0) is 22.6. The van der Waals surface area contributed by atoms with Gasteiger partial charge in [-0.3, -0.25) is 4.79 Å². The van der Waals surface area contributed by atoms with Crippen molar-refractivity contribution in [2.45, 2.75) is 45.1 Å². The van der Waals surface area contributed by atoms with Crippen LogP contribution in [0.25, 0.3) is 11.4 Å². The van der Waals surface area contributed by atoms with Gasteiger partial charge < -0.3 is 15.0 Å². The van der Waals surface area contributed by atoms with Crippen LogP contribution in [-0.2, 0) is 4.79 Å². The highest BCUT2D eigenvalue weighted by Crippen LogP contribution is 2.36. The van der Waals surface area contributed by atoms with E-state index >= 15 is 0 Å². The highest BCUT2D eigenvalue weighted by atomic mass is 16.5. The van der Waals surface area contributed by atoms with Crippen molar-refractivity contribution >= 4 is 17.3 Å². The number of hydrogen-bond acceptors (Lipinski definition) is 6. The molecule has 0 bridgehead atoms. The van der Waals surface area contributed by atoms with Gasteiger partial charge in [0, 0.05) is 24.3 Å². The number of benzene rings is 2. The lowest BCUT2D eigenvalue weighted by Gasteiger charge is -2.33. The largest absolute Gasteiger partial charge is 0.481 e. The monoisotopic (exact) mass is 446 g/mol. The Morgan fingerprint density at radius 1 is 1.21 bits per heavy atom. The van der Waals surface area contributed by atoms with Gasteiger partial charge in [-0.05, 0) is 66.6 Å². The topological polar surface area (TPSA) is 96.0 Å². The van der Waals surface area contributed by atoms with Gasteiger partial charge in [0.15, 0.2) is 6.10 Å². The van der Waals surface area contributed by atoms with E-state index in [9.17, 15) is 4.79 Å².